The number of benzene rings is 2. The van der Waals surface area contributed by atoms with E-state index in [4.69, 9.17) is 5.73 Å². The molecule has 2 aromatic carbocycles. The zero-order valence-corrected chi connectivity index (χ0v) is 15.0. The zero-order valence-electron chi connectivity index (χ0n) is 14.2. The number of nitrogen functional groups attached to an aromatic ring is 1. The molecule has 0 radical (unpaired) electrons. The van der Waals surface area contributed by atoms with Crippen molar-refractivity contribution in [3.05, 3.63) is 82.9 Å². The Morgan fingerprint density at radius 2 is 1.63 bits per heavy atom. The summed E-state index contributed by atoms with van der Waals surface area (Å²) in [5.41, 5.74) is 7.85. The van der Waals surface area contributed by atoms with Gasteiger partial charge in [0.05, 0.1) is 5.70 Å². The van der Waals surface area contributed by atoms with Gasteiger partial charge < -0.3 is 11.1 Å². The quantitative estimate of drug-likeness (QED) is 0.298. The van der Waals surface area contributed by atoms with E-state index in [1.54, 1.807) is 36.4 Å². The molecule has 0 aliphatic rings. The number of para-hydroxylation sites is 1. The maximum absolute atomic E-state index is 12.3. The SMILES string of the molecule is Nc1ccccc1-c1ccc(C=C(NC(=O)c2ccccc2)C(=O)C=O)s1. The largest absolute Gasteiger partial charge is 0.398 e. The van der Waals surface area contributed by atoms with Crippen molar-refractivity contribution in [2.45, 2.75) is 0 Å². The highest BCUT2D eigenvalue weighted by atomic mass is 32.1. The van der Waals surface area contributed by atoms with Crippen molar-refractivity contribution in [3.63, 3.8) is 0 Å². The number of thiophene rings is 1. The van der Waals surface area contributed by atoms with Crippen molar-refractivity contribution < 1.29 is 14.4 Å². The standard InChI is InChI=1S/C21H16N2O3S/c22-17-9-5-4-8-16(17)20-11-10-15(27-20)12-18(19(25)13-24)23-21(26)14-6-2-1-3-7-14/h1-13H,22H2,(H,23,26). The van der Waals surface area contributed by atoms with Crippen molar-refractivity contribution in [3.8, 4) is 10.4 Å². The summed E-state index contributed by atoms with van der Waals surface area (Å²) in [7, 11) is 0. The summed E-state index contributed by atoms with van der Waals surface area (Å²) < 4.78 is 0. The lowest BCUT2D eigenvalue weighted by Gasteiger charge is -2.06. The Labute approximate surface area is 160 Å². The fraction of sp³-hybridized carbons (Fsp3) is 0. The van der Waals surface area contributed by atoms with E-state index < -0.39 is 11.7 Å². The van der Waals surface area contributed by atoms with Crippen LogP contribution in [0.3, 0.4) is 0 Å². The number of aldehydes is 1. The van der Waals surface area contributed by atoms with Crippen LogP contribution in [0.15, 0.2) is 72.4 Å². The lowest BCUT2D eigenvalue weighted by atomic mass is 10.1. The molecule has 0 fully saturated rings. The summed E-state index contributed by atoms with van der Waals surface area (Å²) in [5, 5.41) is 2.52. The summed E-state index contributed by atoms with van der Waals surface area (Å²) >= 11 is 1.40. The van der Waals surface area contributed by atoms with Gasteiger partial charge in [-0.2, -0.15) is 0 Å². The van der Waals surface area contributed by atoms with Gasteiger partial charge in [-0.15, -0.1) is 11.3 Å². The van der Waals surface area contributed by atoms with Crippen molar-refractivity contribution in [2.24, 2.45) is 0 Å². The van der Waals surface area contributed by atoms with Crippen LogP contribution >= 0.6 is 11.3 Å². The zero-order chi connectivity index (χ0) is 19.2. The van der Waals surface area contributed by atoms with E-state index in [1.807, 2.05) is 30.3 Å². The van der Waals surface area contributed by atoms with Gasteiger partial charge in [-0.05, 0) is 36.4 Å². The van der Waals surface area contributed by atoms with Gasteiger partial charge in [0.25, 0.3) is 5.91 Å². The molecule has 0 aliphatic heterocycles. The number of carbonyl (C=O) groups is 3. The van der Waals surface area contributed by atoms with E-state index in [1.165, 1.54) is 17.4 Å². The molecule has 3 N–H and O–H groups in total. The molecule has 0 aliphatic carbocycles. The Kier molecular flexibility index (Phi) is 5.58. The number of anilines is 1. The predicted molar refractivity (Wildman–Crippen MR) is 107 cm³/mol. The fourth-order valence-corrected chi connectivity index (χ4v) is 3.45. The lowest BCUT2D eigenvalue weighted by Crippen LogP contribution is -2.27. The normalized spacial score (nSPS) is 11.0. The minimum Gasteiger partial charge on any atom is -0.398 e. The van der Waals surface area contributed by atoms with Crippen molar-refractivity contribution in [1.82, 2.24) is 5.32 Å². The second-order valence-corrected chi connectivity index (χ2v) is 6.76. The van der Waals surface area contributed by atoms with Crippen LogP contribution in [0.1, 0.15) is 15.2 Å². The molecule has 6 heteroatoms. The highest BCUT2D eigenvalue weighted by Crippen LogP contribution is 2.32. The molecule has 1 heterocycles. The number of hydrogen-bond donors (Lipinski definition) is 2. The van der Waals surface area contributed by atoms with E-state index in [9.17, 15) is 14.4 Å². The molecule has 0 saturated carbocycles. The van der Waals surface area contributed by atoms with Gasteiger partial charge in [-0.1, -0.05) is 36.4 Å². The number of ketones is 1. The van der Waals surface area contributed by atoms with Gasteiger partial charge in [0, 0.05) is 26.6 Å². The Hall–Kier alpha value is -3.51. The molecule has 0 atom stereocenters. The number of nitrogens with two attached hydrogens (primary N) is 1. The van der Waals surface area contributed by atoms with Crippen molar-refractivity contribution in [2.75, 3.05) is 5.73 Å². The molecule has 5 nitrogen and oxygen atoms in total. The number of allylic oxidation sites excluding steroid dienone is 1. The number of nitrogens with one attached hydrogen (secondary N) is 1. The smallest absolute Gasteiger partial charge is 0.255 e. The summed E-state index contributed by atoms with van der Waals surface area (Å²) in [5.74, 6) is -1.26. The first-order valence-electron chi connectivity index (χ1n) is 8.11. The molecule has 0 spiro atoms. The molecular formula is C21H16N2O3S. The number of Topliss-reactive ketones (excluding diaryl/α,β-unsaturated/α-hetero) is 1. The Bertz CT molecular complexity index is 1020. The fourth-order valence-electron chi connectivity index (χ4n) is 2.46. The van der Waals surface area contributed by atoms with Crippen LogP contribution in [-0.4, -0.2) is 18.0 Å². The Morgan fingerprint density at radius 3 is 2.33 bits per heavy atom. The van der Waals surface area contributed by atoms with Gasteiger partial charge in [0.15, 0.2) is 6.29 Å². The summed E-state index contributed by atoms with van der Waals surface area (Å²) in [6.45, 7) is 0. The Morgan fingerprint density at radius 1 is 0.926 bits per heavy atom. The summed E-state index contributed by atoms with van der Waals surface area (Å²) in [6, 6.07) is 19.6. The van der Waals surface area contributed by atoms with Gasteiger partial charge >= 0.3 is 0 Å². The second-order valence-electron chi connectivity index (χ2n) is 5.65. The van der Waals surface area contributed by atoms with E-state index in [2.05, 4.69) is 5.32 Å². The summed E-state index contributed by atoms with van der Waals surface area (Å²) in [4.78, 5) is 36.9. The molecule has 3 aromatic rings. The molecule has 0 saturated heterocycles. The molecule has 0 unspecified atom stereocenters. The van der Waals surface area contributed by atoms with Crippen LogP contribution in [0.4, 0.5) is 5.69 Å². The number of hydrogen-bond acceptors (Lipinski definition) is 5. The van der Waals surface area contributed by atoms with E-state index in [-0.39, 0.29) is 12.0 Å². The van der Waals surface area contributed by atoms with Crippen molar-refractivity contribution >= 4 is 41.1 Å². The van der Waals surface area contributed by atoms with E-state index >= 15 is 0 Å². The first-order chi connectivity index (χ1) is 13.1. The van der Waals surface area contributed by atoms with Gasteiger partial charge in [0.2, 0.25) is 5.78 Å². The maximum atomic E-state index is 12.3. The molecular weight excluding hydrogens is 360 g/mol. The van der Waals surface area contributed by atoms with Crippen LogP contribution < -0.4 is 11.1 Å². The monoisotopic (exact) mass is 376 g/mol. The third-order valence-electron chi connectivity index (χ3n) is 3.80. The molecule has 1 aromatic heterocycles. The van der Waals surface area contributed by atoms with Crippen LogP contribution in [0.2, 0.25) is 0 Å². The highest BCUT2D eigenvalue weighted by Gasteiger charge is 2.14. The molecule has 0 bridgehead atoms. The van der Waals surface area contributed by atoms with Gasteiger partial charge in [-0.25, -0.2) is 0 Å². The molecule has 27 heavy (non-hydrogen) atoms. The predicted octanol–water partition coefficient (Wildman–Crippen LogP) is 3.54. The minimum atomic E-state index is -0.798. The van der Waals surface area contributed by atoms with Gasteiger partial charge in [-0.3, -0.25) is 14.4 Å². The third kappa shape index (κ3) is 4.37. The highest BCUT2D eigenvalue weighted by molar-refractivity contribution is 7.16. The number of rotatable bonds is 6. The van der Waals surface area contributed by atoms with Crippen LogP contribution in [0.25, 0.3) is 16.5 Å². The molecule has 134 valence electrons. The molecule has 3 rings (SSSR count). The average molecular weight is 376 g/mol. The maximum Gasteiger partial charge on any atom is 0.255 e. The van der Waals surface area contributed by atoms with Crippen LogP contribution in [0, 0.1) is 0 Å². The first kappa shape index (κ1) is 18.3. The van der Waals surface area contributed by atoms with Crippen LogP contribution in [-0.2, 0) is 9.59 Å². The molecule has 1 amide bonds. The first-order valence-corrected chi connectivity index (χ1v) is 8.92. The average Bonchev–Trinajstić information content (AvgIpc) is 3.16. The Balaban J connectivity index is 1.89. The minimum absolute atomic E-state index is 0.0757. The van der Waals surface area contributed by atoms with E-state index in [0.29, 0.717) is 16.1 Å². The lowest BCUT2D eigenvalue weighted by molar-refractivity contribution is -0.127. The van der Waals surface area contributed by atoms with E-state index in [0.717, 1.165) is 10.4 Å². The second kappa shape index (κ2) is 8.25. The van der Waals surface area contributed by atoms with Crippen LogP contribution in [0.5, 0.6) is 0 Å². The topological polar surface area (TPSA) is 89.3 Å². The van der Waals surface area contributed by atoms with Gasteiger partial charge in [0.1, 0.15) is 0 Å². The third-order valence-corrected chi connectivity index (χ3v) is 4.86. The number of amides is 1. The summed E-state index contributed by atoms with van der Waals surface area (Å²) in [6.07, 6.45) is 1.67. The number of carbonyl (C=O) groups excluding carboxylic acids is 3. The van der Waals surface area contributed by atoms with Crippen molar-refractivity contribution in [1.29, 1.82) is 0 Å².